The van der Waals surface area contributed by atoms with Crippen LogP contribution in [0.15, 0.2) is 28.7 Å². The molecule has 2 aliphatic heterocycles. The Hall–Kier alpha value is -1.81. The minimum atomic E-state index is 0.145. The van der Waals surface area contributed by atoms with E-state index < -0.39 is 0 Å². The van der Waals surface area contributed by atoms with Crippen LogP contribution in [0.2, 0.25) is 0 Å². The molecule has 0 saturated carbocycles. The Kier molecular flexibility index (Phi) is 4.80. The van der Waals surface area contributed by atoms with Gasteiger partial charge in [0.2, 0.25) is 0 Å². The predicted octanol–water partition coefficient (Wildman–Crippen LogP) is 4.22. The normalized spacial score (nSPS) is 22.0. The third kappa shape index (κ3) is 3.45. The van der Waals surface area contributed by atoms with Gasteiger partial charge in [0.25, 0.3) is 5.91 Å². The van der Waals surface area contributed by atoms with Crippen LogP contribution in [0.4, 0.5) is 0 Å². The second-order valence-corrected chi connectivity index (χ2v) is 7.57. The summed E-state index contributed by atoms with van der Waals surface area (Å²) in [7, 11) is 0. The SMILES string of the molecule is Cc1cc2cccc(C(=O)N3CCCC[C@H]3CCN3CCCC3)c2o1. The molecule has 4 rings (SSSR count). The highest BCUT2D eigenvalue weighted by Crippen LogP contribution is 2.28. The molecule has 0 aliphatic carbocycles. The first-order chi connectivity index (χ1) is 12.2. The zero-order valence-corrected chi connectivity index (χ0v) is 15.2. The van der Waals surface area contributed by atoms with Crippen LogP contribution in [0.5, 0.6) is 0 Å². The molecular formula is C21H28N2O2. The molecule has 1 amide bonds. The van der Waals surface area contributed by atoms with Gasteiger partial charge < -0.3 is 14.2 Å². The molecule has 3 heterocycles. The number of likely N-dealkylation sites (tertiary alicyclic amines) is 2. The molecule has 0 unspecified atom stereocenters. The Morgan fingerprint density at radius 3 is 2.80 bits per heavy atom. The monoisotopic (exact) mass is 340 g/mol. The first-order valence-corrected chi connectivity index (χ1v) is 9.75. The maximum atomic E-state index is 13.3. The van der Waals surface area contributed by atoms with Crippen molar-refractivity contribution >= 4 is 16.9 Å². The Morgan fingerprint density at radius 2 is 1.96 bits per heavy atom. The average molecular weight is 340 g/mol. The fraction of sp³-hybridized carbons (Fsp3) is 0.571. The fourth-order valence-electron chi connectivity index (χ4n) is 4.42. The van der Waals surface area contributed by atoms with Gasteiger partial charge in [-0.15, -0.1) is 0 Å². The molecule has 0 bridgehead atoms. The zero-order valence-electron chi connectivity index (χ0n) is 15.2. The molecule has 25 heavy (non-hydrogen) atoms. The van der Waals surface area contributed by atoms with Crippen molar-refractivity contribution in [2.75, 3.05) is 26.2 Å². The minimum Gasteiger partial charge on any atom is -0.461 e. The maximum absolute atomic E-state index is 13.3. The van der Waals surface area contributed by atoms with E-state index in [0.717, 1.165) is 54.6 Å². The van der Waals surface area contributed by atoms with Crippen LogP contribution in [-0.2, 0) is 0 Å². The molecule has 2 aromatic rings. The molecule has 134 valence electrons. The van der Waals surface area contributed by atoms with Crippen molar-refractivity contribution in [1.29, 1.82) is 0 Å². The molecular weight excluding hydrogens is 312 g/mol. The largest absolute Gasteiger partial charge is 0.461 e. The van der Waals surface area contributed by atoms with Gasteiger partial charge in [-0.2, -0.15) is 0 Å². The van der Waals surface area contributed by atoms with E-state index in [2.05, 4.69) is 9.80 Å². The Labute approximate surface area is 149 Å². The van der Waals surface area contributed by atoms with E-state index in [1.165, 1.54) is 32.4 Å². The maximum Gasteiger partial charge on any atom is 0.257 e. The van der Waals surface area contributed by atoms with E-state index in [-0.39, 0.29) is 5.91 Å². The van der Waals surface area contributed by atoms with Gasteiger partial charge in [-0.05, 0) is 70.7 Å². The second-order valence-electron chi connectivity index (χ2n) is 7.57. The van der Waals surface area contributed by atoms with Crippen molar-refractivity contribution in [2.24, 2.45) is 0 Å². The molecule has 4 nitrogen and oxygen atoms in total. The number of carbonyl (C=O) groups excluding carboxylic acids is 1. The van der Waals surface area contributed by atoms with E-state index in [9.17, 15) is 4.79 Å². The highest BCUT2D eigenvalue weighted by molar-refractivity contribution is 6.05. The van der Waals surface area contributed by atoms with Crippen LogP contribution in [0, 0.1) is 6.92 Å². The zero-order chi connectivity index (χ0) is 17.2. The van der Waals surface area contributed by atoms with Gasteiger partial charge in [0.1, 0.15) is 11.3 Å². The average Bonchev–Trinajstić information content (AvgIpc) is 3.27. The van der Waals surface area contributed by atoms with Crippen molar-refractivity contribution in [3.05, 3.63) is 35.6 Å². The fourth-order valence-corrected chi connectivity index (χ4v) is 4.42. The Bertz CT molecular complexity index is 745. The molecule has 0 N–H and O–H groups in total. The van der Waals surface area contributed by atoms with Gasteiger partial charge in [0.05, 0.1) is 5.56 Å². The van der Waals surface area contributed by atoms with Crippen LogP contribution in [-0.4, -0.2) is 47.9 Å². The van der Waals surface area contributed by atoms with Gasteiger partial charge in [0.15, 0.2) is 0 Å². The highest BCUT2D eigenvalue weighted by Gasteiger charge is 2.29. The minimum absolute atomic E-state index is 0.145. The number of amides is 1. The van der Waals surface area contributed by atoms with Gasteiger partial charge in [-0.25, -0.2) is 0 Å². The van der Waals surface area contributed by atoms with Crippen LogP contribution >= 0.6 is 0 Å². The number of hydrogen-bond donors (Lipinski definition) is 0. The van der Waals surface area contributed by atoms with Crippen molar-refractivity contribution in [3.8, 4) is 0 Å². The number of piperidine rings is 1. The van der Waals surface area contributed by atoms with Gasteiger partial charge in [-0.1, -0.05) is 12.1 Å². The van der Waals surface area contributed by atoms with E-state index >= 15 is 0 Å². The molecule has 0 spiro atoms. The van der Waals surface area contributed by atoms with Crippen molar-refractivity contribution in [2.45, 2.75) is 51.5 Å². The molecule has 0 radical (unpaired) electrons. The third-order valence-electron chi connectivity index (χ3n) is 5.76. The summed E-state index contributed by atoms with van der Waals surface area (Å²) < 4.78 is 5.83. The van der Waals surface area contributed by atoms with Gasteiger partial charge in [0, 0.05) is 24.5 Å². The Morgan fingerprint density at radius 1 is 1.16 bits per heavy atom. The van der Waals surface area contributed by atoms with Crippen LogP contribution in [0.3, 0.4) is 0 Å². The number of carbonyl (C=O) groups is 1. The van der Waals surface area contributed by atoms with E-state index in [0.29, 0.717) is 6.04 Å². The lowest BCUT2D eigenvalue weighted by molar-refractivity contribution is 0.0589. The number of furan rings is 1. The number of fused-ring (bicyclic) bond motifs is 1. The molecule has 2 aliphatic rings. The van der Waals surface area contributed by atoms with Crippen molar-refractivity contribution in [1.82, 2.24) is 9.80 Å². The van der Waals surface area contributed by atoms with Gasteiger partial charge in [-0.3, -0.25) is 4.79 Å². The molecule has 1 aromatic heterocycles. The number of para-hydroxylation sites is 1. The standard InChI is InChI=1S/C21H28N2O2/c1-16-15-17-7-6-9-19(20(17)25-16)21(24)23-13-3-2-8-18(23)10-14-22-11-4-5-12-22/h6-7,9,15,18H,2-5,8,10-14H2,1H3/t18-/m0/s1. The molecule has 1 atom stereocenters. The summed E-state index contributed by atoms with van der Waals surface area (Å²) in [6, 6.07) is 8.28. The van der Waals surface area contributed by atoms with E-state index in [1.54, 1.807) is 0 Å². The van der Waals surface area contributed by atoms with Crippen LogP contribution in [0.1, 0.15) is 54.6 Å². The lowest BCUT2D eigenvalue weighted by Gasteiger charge is -2.36. The van der Waals surface area contributed by atoms with Crippen molar-refractivity contribution in [3.63, 3.8) is 0 Å². The smallest absolute Gasteiger partial charge is 0.257 e. The summed E-state index contributed by atoms with van der Waals surface area (Å²) in [5.41, 5.74) is 1.47. The molecule has 2 saturated heterocycles. The summed E-state index contributed by atoms with van der Waals surface area (Å²) in [4.78, 5) is 17.9. The number of rotatable bonds is 4. The molecule has 4 heteroatoms. The number of aryl methyl sites for hydroxylation is 1. The second kappa shape index (κ2) is 7.20. The first-order valence-electron chi connectivity index (χ1n) is 9.75. The summed E-state index contributed by atoms with van der Waals surface area (Å²) in [6.07, 6.45) is 7.23. The lowest BCUT2D eigenvalue weighted by atomic mass is 9.97. The van der Waals surface area contributed by atoms with Crippen LogP contribution in [0.25, 0.3) is 11.0 Å². The number of nitrogens with zero attached hydrogens (tertiary/aromatic N) is 2. The lowest BCUT2D eigenvalue weighted by Crippen LogP contribution is -2.45. The summed E-state index contributed by atoms with van der Waals surface area (Å²) in [6.45, 7) is 6.39. The first kappa shape index (κ1) is 16.6. The quantitative estimate of drug-likeness (QED) is 0.836. The van der Waals surface area contributed by atoms with E-state index in [1.807, 2.05) is 31.2 Å². The summed E-state index contributed by atoms with van der Waals surface area (Å²) in [5.74, 6) is 1.01. The van der Waals surface area contributed by atoms with Gasteiger partial charge >= 0.3 is 0 Å². The van der Waals surface area contributed by atoms with Crippen LogP contribution < -0.4 is 0 Å². The topological polar surface area (TPSA) is 36.7 Å². The van der Waals surface area contributed by atoms with Crippen molar-refractivity contribution < 1.29 is 9.21 Å². The predicted molar refractivity (Wildman–Crippen MR) is 99.9 cm³/mol. The third-order valence-corrected chi connectivity index (χ3v) is 5.76. The van der Waals surface area contributed by atoms with E-state index in [4.69, 9.17) is 4.42 Å². The molecule has 2 fully saturated rings. The number of benzene rings is 1. The summed E-state index contributed by atoms with van der Waals surface area (Å²) in [5, 5.41) is 1.02. The highest BCUT2D eigenvalue weighted by atomic mass is 16.3. The number of hydrogen-bond acceptors (Lipinski definition) is 3. The summed E-state index contributed by atoms with van der Waals surface area (Å²) >= 11 is 0. The Balaban J connectivity index is 1.53. The molecule has 1 aromatic carbocycles.